The number of rotatable bonds is 5. The average Bonchev–Trinajstić information content (AvgIpc) is 3.35. The van der Waals surface area contributed by atoms with Gasteiger partial charge in [-0.1, -0.05) is 24.6 Å². The van der Waals surface area contributed by atoms with Gasteiger partial charge in [-0.3, -0.25) is 5.10 Å². The zero-order valence-corrected chi connectivity index (χ0v) is 18.3. The van der Waals surface area contributed by atoms with E-state index in [-0.39, 0.29) is 11.6 Å². The van der Waals surface area contributed by atoms with E-state index in [4.69, 9.17) is 5.73 Å². The van der Waals surface area contributed by atoms with E-state index >= 15 is 0 Å². The van der Waals surface area contributed by atoms with Crippen LogP contribution in [0.15, 0.2) is 36.7 Å². The Hall–Kier alpha value is -3.27. The molecule has 1 aliphatic rings. The number of pyridine rings is 1. The molecule has 0 saturated heterocycles. The third-order valence-electron chi connectivity index (χ3n) is 6.47. The zero-order valence-electron chi connectivity index (χ0n) is 18.3. The summed E-state index contributed by atoms with van der Waals surface area (Å²) in [5.74, 6) is 1.39. The Morgan fingerprint density at radius 3 is 2.61 bits per heavy atom. The standard InChI is InChI=1S/C23H24F3N7/c1-12(27)19-21-16(10-17(29-19)23(24,25)26)20(30-31-21)15-8-4-7-14(9-15)18(13-5-3-6-13)22-32-28-11-33(22)2/h4,7-13,18H,3,5-6,27H2,1-2H3,(H,30,31)/t12-,18+/m0/s1. The molecule has 0 amide bonds. The van der Waals surface area contributed by atoms with Crippen LogP contribution in [0, 0.1) is 5.92 Å². The predicted octanol–water partition coefficient (Wildman–Crippen LogP) is 4.72. The third kappa shape index (κ3) is 3.78. The van der Waals surface area contributed by atoms with Gasteiger partial charge < -0.3 is 10.3 Å². The van der Waals surface area contributed by atoms with E-state index in [1.165, 1.54) is 6.42 Å². The Labute approximate surface area is 188 Å². The van der Waals surface area contributed by atoms with Gasteiger partial charge in [0.25, 0.3) is 0 Å². The fourth-order valence-corrected chi connectivity index (χ4v) is 4.59. The van der Waals surface area contributed by atoms with Gasteiger partial charge in [-0.15, -0.1) is 10.2 Å². The number of fused-ring (bicyclic) bond motifs is 1. The van der Waals surface area contributed by atoms with Gasteiger partial charge in [0, 0.05) is 30.0 Å². The maximum atomic E-state index is 13.5. The molecule has 1 saturated carbocycles. The van der Waals surface area contributed by atoms with Crippen molar-refractivity contribution >= 4 is 10.9 Å². The molecule has 3 heterocycles. The van der Waals surface area contributed by atoms with E-state index in [2.05, 4.69) is 25.4 Å². The van der Waals surface area contributed by atoms with Gasteiger partial charge in [-0.25, -0.2) is 4.98 Å². The summed E-state index contributed by atoms with van der Waals surface area (Å²) in [6.07, 6.45) is 0.481. The lowest BCUT2D eigenvalue weighted by atomic mass is 9.72. The predicted molar refractivity (Wildman–Crippen MR) is 117 cm³/mol. The highest BCUT2D eigenvalue weighted by atomic mass is 19.4. The Balaban J connectivity index is 1.65. The molecule has 1 fully saturated rings. The molecule has 0 spiro atoms. The van der Waals surface area contributed by atoms with E-state index in [1.807, 2.05) is 35.9 Å². The number of aryl methyl sites for hydroxylation is 1. The van der Waals surface area contributed by atoms with Gasteiger partial charge in [0.15, 0.2) is 0 Å². The van der Waals surface area contributed by atoms with Crippen LogP contribution in [0.5, 0.6) is 0 Å². The van der Waals surface area contributed by atoms with Crippen molar-refractivity contribution in [2.75, 3.05) is 0 Å². The molecule has 0 radical (unpaired) electrons. The summed E-state index contributed by atoms with van der Waals surface area (Å²) in [4.78, 5) is 3.77. The summed E-state index contributed by atoms with van der Waals surface area (Å²) in [6.45, 7) is 1.60. The van der Waals surface area contributed by atoms with Crippen LogP contribution >= 0.6 is 0 Å². The molecule has 0 unspecified atom stereocenters. The minimum absolute atomic E-state index is 0.0587. The van der Waals surface area contributed by atoms with Gasteiger partial charge in [-0.05, 0) is 43.4 Å². The number of nitrogens with two attached hydrogens (primary N) is 1. The quantitative estimate of drug-likeness (QED) is 0.454. The summed E-state index contributed by atoms with van der Waals surface area (Å²) < 4.78 is 42.6. The second-order valence-electron chi connectivity index (χ2n) is 8.77. The number of hydrogen-bond donors (Lipinski definition) is 2. The number of benzene rings is 1. The van der Waals surface area contributed by atoms with Crippen LogP contribution in [0.4, 0.5) is 13.2 Å². The number of hydrogen-bond acceptors (Lipinski definition) is 5. The second-order valence-corrected chi connectivity index (χ2v) is 8.77. The van der Waals surface area contributed by atoms with Crippen molar-refractivity contribution in [3.8, 4) is 11.3 Å². The largest absolute Gasteiger partial charge is 0.433 e. The number of nitrogens with zero attached hydrogens (tertiary/aromatic N) is 5. The molecule has 172 valence electrons. The van der Waals surface area contributed by atoms with E-state index in [0.29, 0.717) is 22.5 Å². The minimum atomic E-state index is -4.59. The Kier molecular flexibility index (Phi) is 5.19. The minimum Gasteiger partial charge on any atom is -0.323 e. The molecule has 0 bridgehead atoms. The normalized spacial score (nSPS) is 16.7. The van der Waals surface area contributed by atoms with Gasteiger partial charge in [0.1, 0.15) is 23.5 Å². The van der Waals surface area contributed by atoms with E-state index in [9.17, 15) is 13.2 Å². The van der Waals surface area contributed by atoms with Crippen LogP contribution in [-0.4, -0.2) is 29.9 Å². The number of alkyl halides is 3. The Bertz CT molecular complexity index is 1300. The second kappa shape index (κ2) is 7.95. The van der Waals surface area contributed by atoms with Crippen molar-refractivity contribution in [3.05, 3.63) is 59.4 Å². The molecular formula is C23H24F3N7. The molecule has 0 aliphatic heterocycles. The van der Waals surface area contributed by atoms with Gasteiger partial charge in [-0.2, -0.15) is 18.3 Å². The Morgan fingerprint density at radius 1 is 1.21 bits per heavy atom. The van der Waals surface area contributed by atoms with Gasteiger partial charge in [0.05, 0.1) is 11.2 Å². The number of aromatic amines is 1. The lowest BCUT2D eigenvalue weighted by Crippen LogP contribution is -2.24. The van der Waals surface area contributed by atoms with Crippen molar-refractivity contribution < 1.29 is 13.2 Å². The molecule has 4 aromatic rings. The van der Waals surface area contributed by atoms with Gasteiger partial charge >= 0.3 is 6.18 Å². The first kappa shape index (κ1) is 21.6. The first-order valence-corrected chi connectivity index (χ1v) is 10.9. The molecule has 1 aromatic carbocycles. The van der Waals surface area contributed by atoms with E-state index < -0.39 is 17.9 Å². The number of halogens is 3. The van der Waals surface area contributed by atoms with Crippen LogP contribution in [0.25, 0.3) is 22.2 Å². The number of nitrogens with one attached hydrogen (secondary N) is 1. The van der Waals surface area contributed by atoms with Crippen molar-refractivity contribution in [1.29, 1.82) is 0 Å². The molecule has 2 atom stereocenters. The van der Waals surface area contributed by atoms with Gasteiger partial charge in [0.2, 0.25) is 0 Å². The highest BCUT2D eigenvalue weighted by Crippen LogP contribution is 2.43. The third-order valence-corrected chi connectivity index (χ3v) is 6.47. The van der Waals surface area contributed by atoms with E-state index in [1.54, 1.807) is 13.3 Å². The topological polar surface area (TPSA) is 98.3 Å². The molecular weight excluding hydrogens is 431 g/mol. The number of H-pyrrole nitrogens is 1. The first-order valence-electron chi connectivity index (χ1n) is 10.9. The molecule has 10 heteroatoms. The van der Waals surface area contributed by atoms with Crippen molar-refractivity contribution in [2.45, 2.75) is 44.3 Å². The average molecular weight is 455 g/mol. The van der Waals surface area contributed by atoms with E-state index in [0.717, 1.165) is 35.9 Å². The molecule has 5 rings (SSSR count). The van der Waals surface area contributed by atoms with Crippen LogP contribution in [-0.2, 0) is 13.2 Å². The summed E-state index contributed by atoms with van der Waals surface area (Å²) in [5, 5.41) is 16.0. The smallest absolute Gasteiger partial charge is 0.323 e. The molecule has 1 aliphatic carbocycles. The fraction of sp³-hybridized carbons (Fsp3) is 0.391. The van der Waals surface area contributed by atoms with Crippen molar-refractivity contribution in [3.63, 3.8) is 0 Å². The highest BCUT2D eigenvalue weighted by Gasteiger charge is 2.35. The maximum absolute atomic E-state index is 13.5. The lowest BCUT2D eigenvalue weighted by molar-refractivity contribution is -0.141. The molecule has 3 N–H and O–H groups in total. The lowest BCUT2D eigenvalue weighted by Gasteiger charge is -2.33. The zero-order chi connectivity index (χ0) is 23.3. The van der Waals surface area contributed by atoms with Crippen molar-refractivity contribution in [1.82, 2.24) is 29.9 Å². The fourth-order valence-electron chi connectivity index (χ4n) is 4.59. The maximum Gasteiger partial charge on any atom is 0.433 e. The summed E-state index contributed by atoms with van der Waals surface area (Å²) in [5.41, 5.74) is 7.72. The van der Waals surface area contributed by atoms with Crippen LogP contribution in [0.1, 0.15) is 60.9 Å². The summed E-state index contributed by atoms with van der Waals surface area (Å²) in [6, 6.07) is 8.14. The molecule has 7 nitrogen and oxygen atoms in total. The van der Waals surface area contributed by atoms with Crippen molar-refractivity contribution in [2.24, 2.45) is 18.7 Å². The first-order chi connectivity index (χ1) is 15.7. The molecule has 33 heavy (non-hydrogen) atoms. The number of aromatic nitrogens is 6. The molecule has 3 aromatic heterocycles. The SMILES string of the molecule is C[C@H](N)c1nc(C(F)(F)F)cc2c(-c3cccc([C@H](c4nncn4C)C4CCC4)c3)n[nH]c12. The van der Waals surface area contributed by atoms with Crippen LogP contribution in [0.3, 0.4) is 0 Å². The summed E-state index contributed by atoms with van der Waals surface area (Å²) in [7, 11) is 1.92. The van der Waals surface area contributed by atoms with Crippen LogP contribution in [0.2, 0.25) is 0 Å². The summed E-state index contributed by atoms with van der Waals surface area (Å²) >= 11 is 0. The highest BCUT2D eigenvalue weighted by molar-refractivity contribution is 5.94. The van der Waals surface area contributed by atoms with Crippen LogP contribution < -0.4 is 5.73 Å². The monoisotopic (exact) mass is 455 g/mol. The Morgan fingerprint density at radius 2 is 2.00 bits per heavy atom.